The minimum Gasteiger partial charge on any atom is -0.478 e. The molecule has 5 rings (SSSR count). The van der Waals surface area contributed by atoms with Crippen molar-refractivity contribution in [1.82, 2.24) is 4.90 Å². The van der Waals surface area contributed by atoms with Crippen LogP contribution in [0.2, 0.25) is 0 Å². The van der Waals surface area contributed by atoms with Gasteiger partial charge in [0.25, 0.3) is 5.91 Å². The Hall–Kier alpha value is -2.66. The first kappa shape index (κ1) is 20.3. The van der Waals surface area contributed by atoms with Crippen molar-refractivity contribution in [2.45, 2.75) is 51.0 Å². The Balaban J connectivity index is 1.25. The summed E-state index contributed by atoms with van der Waals surface area (Å²) in [7, 11) is 0. The number of carboxylic acid groups (broad SMARTS) is 1. The summed E-state index contributed by atoms with van der Waals surface area (Å²) < 4.78 is 5.58. The zero-order valence-corrected chi connectivity index (χ0v) is 18.0. The fourth-order valence-corrected chi connectivity index (χ4v) is 5.48. The van der Waals surface area contributed by atoms with Crippen molar-refractivity contribution in [3.8, 4) is 11.1 Å². The molecule has 0 aromatic heterocycles. The van der Waals surface area contributed by atoms with E-state index in [9.17, 15) is 14.7 Å². The smallest absolute Gasteiger partial charge is 0.335 e. The normalized spacial score (nSPS) is 24.4. The maximum Gasteiger partial charge on any atom is 0.335 e. The molecule has 5 nitrogen and oxygen atoms in total. The van der Waals surface area contributed by atoms with Crippen LogP contribution in [0.3, 0.4) is 0 Å². The quantitative estimate of drug-likeness (QED) is 0.784. The second kappa shape index (κ2) is 7.79. The largest absolute Gasteiger partial charge is 0.478 e. The fraction of sp³-hybridized carbons (Fsp3) is 0.462. The van der Waals surface area contributed by atoms with Crippen molar-refractivity contribution in [3.63, 3.8) is 0 Å². The van der Waals surface area contributed by atoms with Gasteiger partial charge in [0.05, 0.1) is 5.56 Å². The molecule has 3 fully saturated rings. The van der Waals surface area contributed by atoms with Crippen LogP contribution in [0.1, 0.15) is 59.5 Å². The molecule has 1 amide bonds. The number of nitrogens with zero attached hydrogens (tertiary/aromatic N) is 1. The summed E-state index contributed by atoms with van der Waals surface area (Å²) >= 11 is 0. The van der Waals surface area contributed by atoms with Gasteiger partial charge < -0.3 is 14.7 Å². The molecule has 5 heteroatoms. The molecule has 162 valence electrons. The van der Waals surface area contributed by atoms with Crippen LogP contribution in [-0.2, 0) is 9.53 Å². The number of amides is 1. The summed E-state index contributed by atoms with van der Waals surface area (Å²) in [5.74, 6) is -0.150. The zero-order chi connectivity index (χ0) is 21.6. The van der Waals surface area contributed by atoms with Crippen molar-refractivity contribution in [2.24, 2.45) is 5.41 Å². The first-order valence-electron chi connectivity index (χ1n) is 11.3. The summed E-state index contributed by atoms with van der Waals surface area (Å²) in [6.07, 6.45) is 4.98. The van der Waals surface area contributed by atoms with E-state index in [1.165, 1.54) is 12.0 Å². The van der Waals surface area contributed by atoms with Crippen molar-refractivity contribution in [2.75, 3.05) is 19.7 Å². The van der Waals surface area contributed by atoms with Crippen LogP contribution in [0.5, 0.6) is 0 Å². The summed E-state index contributed by atoms with van der Waals surface area (Å²) in [6, 6.07) is 13.9. The number of piperidine rings is 1. The monoisotopic (exact) mass is 419 g/mol. The molecular formula is C26H29NO4. The van der Waals surface area contributed by atoms with Crippen molar-refractivity contribution in [3.05, 3.63) is 59.2 Å². The van der Waals surface area contributed by atoms with Crippen LogP contribution in [0.4, 0.5) is 0 Å². The second-order valence-corrected chi connectivity index (χ2v) is 9.40. The molecule has 2 saturated heterocycles. The average Bonchev–Trinajstić information content (AvgIpc) is 3.21. The molecule has 2 aromatic rings. The van der Waals surface area contributed by atoms with Crippen molar-refractivity contribution >= 4 is 11.9 Å². The molecular weight excluding hydrogens is 390 g/mol. The van der Waals surface area contributed by atoms with E-state index >= 15 is 0 Å². The van der Waals surface area contributed by atoms with Crippen LogP contribution in [0.15, 0.2) is 42.5 Å². The van der Waals surface area contributed by atoms with Crippen LogP contribution < -0.4 is 0 Å². The Morgan fingerprint density at radius 3 is 2.48 bits per heavy atom. The molecule has 3 aliphatic rings. The second-order valence-electron chi connectivity index (χ2n) is 9.40. The number of aryl methyl sites for hydroxylation is 1. The summed E-state index contributed by atoms with van der Waals surface area (Å²) in [5, 5.41) is 9.30. The van der Waals surface area contributed by atoms with Gasteiger partial charge in [0, 0.05) is 19.7 Å². The number of aromatic carboxylic acids is 1. The first-order chi connectivity index (χ1) is 15.0. The molecule has 0 bridgehead atoms. The standard InChI is InChI=1S/C26H29NO4/c1-17-4-5-20(25(29)30)15-21(17)18-6-8-19(9-7-18)22-16-26(22)10-12-27(13-11-26)24(28)23-3-2-14-31-23/h4-9,15,22-23H,2-3,10-14,16H2,1H3,(H,29,30)/t22-,23?/m0/s1. The lowest BCUT2D eigenvalue weighted by Gasteiger charge is -2.34. The third-order valence-electron chi connectivity index (χ3n) is 7.57. The lowest BCUT2D eigenvalue weighted by Crippen LogP contribution is -2.44. The van der Waals surface area contributed by atoms with Crippen LogP contribution in [0, 0.1) is 12.3 Å². The highest BCUT2D eigenvalue weighted by molar-refractivity contribution is 5.90. The minimum absolute atomic E-state index is 0.188. The third kappa shape index (κ3) is 3.76. The number of hydrogen-bond acceptors (Lipinski definition) is 3. The number of carbonyl (C=O) groups is 2. The predicted molar refractivity (Wildman–Crippen MR) is 118 cm³/mol. The molecule has 1 N–H and O–H groups in total. The topological polar surface area (TPSA) is 66.8 Å². The summed E-state index contributed by atoms with van der Waals surface area (Å²) in [5.41, 5.74) is 5.11. The highest BCUT2D eigenvalue weighted by atomic mass is 16.5. The Morgan fingerprint density at radius 2 is 1.84 bits per heavy atom. The molecule has 2 aromatic carbocycles. The van der Waals surface area contributed by atoms with Gasteiger partial charge in [-0.15, -0.1) is 0 Å². The van der Waals surface area contributed by atoms with Gasteiger partial charge >= 0.3 is 5.97 Å². The lowest BCUT2D eigenvalue weighted by atomic mass is 9.88. The SMILES string of the molecule is Cc1ccc(C(=O)O)cc1-c1ccc([C@@H]2CC23CCN(C(=O)C2CCCO2)CC3)cc1. The molecule has 1 spiro atoms. The van der Waals surface area contributed by atoms with Crippen LogP contribution >= 0.6 is 0 Å². The number of carbonyl (C=O) groups excluding carboxylic acids is 1. The molecule has 2 aliphatic heterocycles. The van der Waals surface area contributed by atoms with E-state index in [1.54, 1.807) is 12.1 Å². The Morgan fingerprint density at radius 1 is 1.10 bits per heavy atom. The molecule has 31 heavy (non-hydrogen) atoms. The van der Waals surface area contributed by atoms with Gasteiger partial charge in [0.2, 0.25) is 0 Å². The van der Waals surface area contributed by atoms with Gasteiger partial charge in [0.1, 0.15) is 6.10 Å². The first-order valence-corrected chi connectivity index (χ1v) is 11.3. The zero-order valence-electron chi connectivity index (χ0n) is 18.0. The van der Waals surface area contributed by atoms with E-state index in [-0.39, 0.29) is 12.0 Å². The molecule has 1 unspecified atom stereocenters. The Bertz CT molecular complexity index is 999. The van der Waals surface area contributed by atoms with Gasteiger partial charge in [-0.3, -0.25) is 4.79 Å². The van der Waals surface area contributed by atoms with E-state index in [2.05, 4.69) is 24.3 Å². The maximum atomic E-state index is 12.6. The van der Waals surface area contributed by atoms with E-state index in [1.807, 2.05) is 17.9 Å². The molecule has 2 heterocycles. The Kier molecular flexibility index (Phi) is 5.09. The van der Waals surface area contributed by atoms with E-state index < -0.39 is 5.97 Å². The number of carboxylic acids is 1. The third-order valence-corrected chi connectivity index (χ3v) is 7.57. The number of likely N-dealkylation sites (tertiary alicyclic amines) is 1. The average molecular weight is 420 g/mol. The summed E-state index contributed by atoms with van der Waals surface area (Å²) in [4.78, 5) is 26.0. The predicted octanol–water partition coefficient (Wildman–Crippen LogP) is 4.64. The number of hydrogen-bond donors (Lipinski definition) is 1. The van der Waals surface area contributed by atoms with Gasteiger partial charge in [-0.2, -0.15) is 0 Å². The van der Waals surface area contributed by atoms with Crippen LogP contribution in [0.25, 0.3) is 11.1 Å². The maximum absolute atomic E-state index is 12.6. The van der Waals surface area contributed by atoms with Gasteiger partial charge in [-0.1, -0.05) is 30.3 Å². The molecule has 2 atom stereocenters. The minimum atomic E-state index is -0.901. The molecule has 0 radical (unpaired) electrons. The number of ether oxygens (including phenoxy) is 1. The van der Waals surface area contributed by atoms with Crippen LogP contribution in [-0.4, -0.2) is 47.7 Å². The highest BCUT2D eigenvalue weighted by Gasteiger charge is 2.55. The lowest BCUT2D eigenvalue weighted by molar-refractivity contribution is -0.142. The number of rotatable bonds is 4. The van der Waals surface area contributed by atoms with E-state index in [4.69, 9.17) is 4.74 Å². The fourth-order valence-electron chi connectivity index (χ4n) is 5.48. The van der Waals surface area contributed by atoms with Gasteiger partial charge in [-0.05, 0) is 84.7 Å². The van der Waals surface area contributed by atoms with Crippen molar-refractivity contribution in [1.29, 1.82) is 0 Å². The molecule has 1 aliphatic carbocycles. The highest BCUT2D eigenvalue weighted by Crippen LogP contribution is 2.65. The van der Waals surface area contributed by atoms with E-state index in [0.717, 1.165) is 55.5 Å². The van der Waals surface area contributed by atoms with E-state index in [0.29, 0.717) is 23.5 Å². The molecule has 1 saturated carbocycles. The van der Waals surface area contributed by atoms with Gasteiger partial charge in [0.15, 0.2) is 0 Å². The van der Waals surface area contributed by atoms with Crippen molar-refractivity contribution < 1.29 is 19.4 Å². The summed E-state index contributed by atoms with van der Waals surface area (Å²) in [6.45, 7) is 4.41. The Labute approximate surface area is 183 Å². The van der Waals surface area contributed by atoms with Gasteiger partial charge in [-0.25, -0.2) is 4.79 Å². The number of benzene rings is 2.